The molecule has 0 radical (unpaired) electrons. The number of thiophene rings is 1. The number of ether oxygens (including phenoxy) is 2. The van der Waals surface area contributed by atoms with Crippen molar-refractivity contribution in [3.05, 3.63) is 45.6 Å². The molecule has 118 valence electrons. The molecule has 0 aliphatic carbocycles. The van der Waals surface area contributed by atoms with E-state index in [-0.39, 0.29) is 6.10 Å². The zero-order valence-electron chi connectivity index (χ0n) is 13.5. The van der Waals surface area contributed by atoms with Crippen LogP contribution in [-0.2, 0) is 13.1 Å². The van der Waals surface area contributed by atoms with Gasteiger partial charge in [0.15, 0.2) is 0 Å². The van der Waals surface area contributed by atoms with E-state index in [1.54, 1.807) is 7.11 Å². The number of hydrogen-bond donors (Lipinski definition) is 0. The number of aryl methyl sites for hydroxylation is 1. The van der Waals surface area contributed by atoms with Gasteiger partial charge in [0, 0.05) is 30.1 Å². The van der Waals surface area contributed by atoms with E-state index < -0.39 is 0 Å². The van der Waals surface area contributed by atoms with Gasteiger partial charge in [-0.1, -0.05) is 6.92 Å². The van der Waals surface area contributed by atoms with Gasteiger partial charge in [0.05, 0.1) is 7.11 Å². The van der Waals surface area contributed by atoms with E-state index in [0.717, 1.165) is 37.6 Å². The van der Waals surface area contributed by atoms with Gasteiger partial charge in [0.1, 0.15) is 17.6 Å². The number of fused-ring (bicyclic) bond motifs is 1. The summed E-state index contributed by atoms with van der Waals surface area (Å²) in [5.41, 5.74) is 2.60. The summed E-state index contributed by atoms with van der Waals surface area (Å²) in [5.74, 6) is 1.89. The molecule has 1 aliphatic rings. The van der Waals surface area contributed by atoms with E-state index in [0.29, 0.717) is 0 Å². The number of rotatable bonds is 4. The Bertz CT molecular complexity index is 638. The largest absolute Gasteiger partial charge is 0.497 e. The summed E-state index contributed by atoms with van der Waals surface area (Å²) in [6.45, 7) is 7.23. The van der Waals surface area contributed by atoms with Crippen molar-refractivity contribution in [3.63, 3.8) is 0 Å². The molecule has 0 N–H and O–H groups in total. The second-order valence-corrected chi connectivity index (χ2v) is 6.82. The molecule has 2 heterocycles. The maximum Gasteiger partial charge on any atom is 0.124 e. The predicted molar refractivity (Wildman–Crippen MR) is 90.9 cm³/mol. The minimum atomic E-state index is 0.245. The van der Waals surface area contributed by atoms with Crippen LogP contribution in [0.2, 0.25) is 0 Å². The van der Waals surface area contributed by atoms with Crippen molar-refractivity contribution < 1.29 is 9.47 Å². The van der Waals surface area contributed by atoms with Crippen LogP contribution in [-0.4, -0.2) is 24.7 Å². The van der Waals surface area contributed by atoms with Crippen LogP contribution in [0.1, 0.15) is 29.3 Å². The van der Waals surface area contributed by atoms with Crippen molar-refractivity contribution >= 4 is 11.3 Å². The van der Waals surface area contributed by atoms with Gasteiger partial charge in [-0.15, -0.1) is 11.3 Å². The normalized spacial score (nSPS) is 18.4. The number of nitrogens with zero attached hydrogens (tertiary/aromatic N) is 1. The zero-order valence-corrected chi connectivity index (χ0v) is 14.3. The van der Waals surface area contributed by atoms with Crippen LogP contribution in [0.3, 0.4) is 0 Å². The molecule has 0 saturated heterocycles. The quantitative estimate of drug-likeness (QED) is 0.842. The van der Waals surface area contributed by atoms with Gasteiger partial charge in [-0.3, -0.25) is 4.90 Å². The van der Waals surface area contributed by atoms with Gasteiger partial charge in [-0.2, -0.15) is 0 Å². The Morgan fingerprint density at radius 1 is 1.36 bits per heavy atom. The maximum absolute atomic E-state index is 6.19. The minimum Gasteiger partial charge on any atom is -0.497 e. The third-order valence-corrected chi connectivity index (χ3v) is 5.22. The second-order valence-electron chi connectivity index (χ2n) is 5.82. The predicted octanol–water partition coefficient (Wildman–Crippen LogP) is 4.24. The lowest BCUT2D eigenvalue weighted by molar-refractivity contribution is 0.140. The van der Waals surface area contributed by atoms with Gasteiger partial charge in [-0.25, -0.2) is 0 Å². The zero-order chi connectivity index (χ0) is 15.5. The van der Waals surface area contributed by atoms with Crippen molar-refractivity contribution in [2.45, 2.75) is 39.5 Å². The van der Waals surface area contributed by atoms with Crippen LogP contribution in [0.4, 0.5) is 0 Å². The Morgan fingerprint density at radius 3 is 2.91 bits per heavy atom. The second kappa shape index (κ2) is 6.71. The van der Waals surface area contributed by atoms with Gasteiger partial charge in [0.25, 0.3) is 0 Å². The SMILES string of the molecule is CCC1CN(Cc2sccc2C)Cc2cc(OC)ccc2O1. The molecule has 3 nitrogen and oxygen atoms in total. The van der Waals surface area contributed by atoms with Gasteiger partial charge in [0.2, 0.25) is 0 Å². The molecule has 22 heavy (non-hydrogen) atoms. The molecule has 1 aromatic heterocycles. The standard InChI is InChI=1S/C18H23NO2S/c1-4-15-11-19(12-18-13(2)7-8-22-18)10-14-9-16(20-3)5-6-17(14)21-15/h5-9,15H,4,10-12H2,1-3H3. The molecule has 2 aromatic rings. The summed E-state index contributed by atoms with van der Waals surface area (Å²) in [4.78, 5) is 3.93. The molecule has 1 atom stereocenters. The van der Waals surface area contributed by atoms with Crippen molar-refractivity contribution in [2.24, 2.45) is 0 Å². The van der Waals surface area contributed by atoms with E-state index in [9.17, 15) is 0 Å². The average Bonchev–Trinajstić information content (AvgIpc) is 2.83. The number of methoxy groups -OCH3 is 1. The molecule has 1 aliphatic heterocycles. The molecule has 0 bridgehead atoms. The lowest BCUT2D eigenvalue weighted by Gasteiger charge is -2.23. The van der Waals surface area contributed by atoms with Crippen LogP contribution in [0, 0.1) is 6.92 Å². The smallest absolute Gasteiger partial charge is 0.124 e. The summed E-state index contributed by atoms with van der Waals surface area (Å²) in [5, 5.41) is 2.17. The fourth-order valence-corrected chi connectivity index (χ4v) is 3.78. The van der Waals surface area contributed by atoms with E-state index in [2.05, 4.69) is 36.3 Å². The van der Waals surface area contributed by atoms with Crippen LogP contribution in [0.25, 0.3) is 0 Å². The average molecular weight is 317 g/mol. The molecule has 1 unspecified atom stereocenters. The Kier molecular flexibility index (Phi) is 4.69. The fraction of sp³-hybridized carbons (Fsp3) is 0.444. The number of benzene rings is 1. The number of hydrogen-bond acceptors (Lipinski definition) is 4. The molecule has 3 rings (SSSR count). The van der Waals surface area contributed by atoms with Crippen LogP contribution in [0.5, 0.6) is 11.5 Å². The van der Waals surface area contributed by atoms with E-state index in [1.165, 1.54) is 16.0 Å². The van der Waals surface area contributed by atoms with Crippen molar-refractivity contribution in [3.8, 4) is 11.5 Å². The molecule has 1 aromatic carbocycles. The first-order valence-electron chi connectivity index (χ1n) is 7.78. The Morgan fingerprint density at radius 2 is 2.23 bits per heavy atom. The first kappa shape index (κ1) is 15.4. The topological polar surface area (TPSA) is 21.7 Å². The first-order chi connectivity index (χ1) is 10.7. The summed E-state index contributed by atoms with van der Waals surface area (Å²) >= 11 is 1.84. The Labute approximate surface area is 136 Å². The molecule has 0 fully saturated rings. The fourth-order valence-electron chi connectivity index (χ4n) is 2.83. The van der Waals surface area contributed by atoms with Gasteiger partial charge >= 0.3 is 0 Å². The van der Waals surface area contributed by atoms with Gasteiger partial charge in [-0.05, 0) is 48.6 Å². The van der Waals surface area contributed by atoms with E-state index >= 15 is 0 Å². The lowest BCUT2D eigenvalue weighted by Crippen LogP contribution is -2.32. The van der Waals surface area contributed by atoms with Crippen molar-refractivity contribution in [2.75, 3.05) is 13.7 Å². The van der Waals surface area contributed by atoms with E-state index in [1.807, 2.05) is 23.5 Å². The third-order valence-electron chi connectivity index (χ3n) is 4.21. The minimum absolute atomic E-state index is 0.245. The first-order valence-corrected chi connectivity index (χ1v) is 8.66. The van der Waals surface area contributed by atoms with Gasteiger partial charge < -0.3 is 9.47 Å². The summed E-state index contributed by atoms with van der Waals surface area (Å²) in [6.07, 6.45) is 1.26. The monoisotopic (exact) mass is 317 g/mol. The highest BCUT2D eigenvalue weighted by molar-refractivity contribution is 7.10. The summed E-state index contributed by atoms with van der Waals surface area (Å²) in [7, 11) is 1.71. The lowest BCUT2D eigenvalue weighted by atomic mass is 10.1. The molecular formula is C18H23NO2S. The molecule has 0 amide bonds. The van der Waals surface area contributed by atoms with Crippen LogP contribution in [0.15, 0.2) is 29.6 Å². The summed E-state index contributed by atoms with van der Waals surface area (Å²) in [6, 6.07) is 8.31. The molecule has 4 heteroatoms. The highest BCUT2D eigenvalue weighted by atomic mass is 32.1. The highest BCUT2D eigenvalue weighted by Crippen LogP contribution is 2.31. The summed E-state index contributed by atoms with van der Waals surface area (Å²) < 4.78 is 11.6. The Hall–Kier alpha value is -1.52. The van der Waals surface area contributed by atoms with Crippen molar-refractivity contribution in [1.82, 2.24) is 4.90 Å². The van der Waals surface area contributed by atoms with Crippen molar-refractivity contribution in [1.29, 1.82) is 0 Å². The molecule has 0 saturated carbocycles. The highest BCUT2D eigenvalue weighted by Gasteiger charge is 2.23. The maximum atomic E-state index is 6.19. The van der Waals surface area contributed by atoms with E-state index in [4.69, 9.17) is 9.47 Å². The third kappa shape index (κ3) is 3.28. The Balaban J connectivity index is 1.86. The van der Waals surface area contributed by atoms with Crippen LogP contribution >= 0.6 is 11.3 Å². The van der Waals surface area contributed by atoms with Crippen LogP contribution < -0.4 is 9.47 Å². The molecular weight excluding hydrogens is 294 g/mol. The molecule has 0 spiro atoms.